The first-order chi connectivity index (χ1) is 7.60. The van der Waals surface area contributed by atoms with Crippen molar-refractivity contribution in [2.24, 2.45) is 0 Å². The summed E-state index contributed by atoms with van der Waals surface area (Å²) in [7, 11) is 1.21. The molecule has 1 aromatic rings. The van der Waals surface area contributed by atoms with Crippen LogP contribution in [0, 0.1) is 11.3 Å². The molecule has 0 amide bonds. The van der Waals surface area contributed by atoms with Crippen LogP contribution in [-0.2, 0) is 14.3 Å². The molecule has 1 unspecified atom stereocenters. The number of ketones is 1. The molecule has 0 aliphatic rings. The first-order valence-corrected chi connectivity index (χ1v) is 4.54. The number of esters is 1. The third-order valence-corrected chi connectivity index (χ3v) is 2.05. The number of nitrogens with zero attached hydrogens (tertiary/aromatic N) is 2. The molecule has 0 saturated carbocycles. The van der Waals surface area contributed by atoms with Gasteiger partial charge in [0.25, 0.3) is 0 Å². The summed E-state index contributed by atoms with van der Waals surface area (Å²) in [5, 5.41) is 8.58. The van der Waals surface area contributed by atoms with Gasteiger partial charge in [0.1, 0.15) is 11.9 Å². The molecule has 0 bridgehead atoms. The fourth-order valence-corrected chi connectivity index (χ4v) is 1.26. The highest BCUT2D eigenvalue weighted by Gasteiger charge is 2.27. The zero-order chi connectivity index (χ0) is 12.1. The SMILES string of the molecule is COC(=O)C(C(C)=O)c1ccc(C#N)cn1. The molecular formula is C11H10N2O3. The number of aromatic nitrogens is 1. The zero-order valence-electron chi connectivity index (χ0n) is 8.93. The van der Waals surface area contributed by atoms with E-state index in [9.17, 15) is 9.59 Å². The Hall–Kier alpha value is -2.22. The van der Waals surface area contributed by atoms with E-state index in [0.717, 1.165) is 0 Å². The monoisotopic (exact) mass is 218 g/mol. The molecule has 82 valence electrons. The van der Waals surface area contributed by atoms with Crippen LogP contribution in [0.5, 0.6) is 0 Å². The Morgan fingerprint density at radius 3 is 2.56 bits per heavy atom. The highest BCUT2D eigenvalue weighted by molar-refractivity contribution is 6.02. The summed E-state index contributed by atoms with van der Waals surface area (Å²) in [4.78, 5) is 26.5. The van der Waals surface area contributed by atoms with Crippen LogP contribution < -0.4 is 0 Å². The molecule has 0 spiro atoms. The van der Waals surface area contributed by atoms with Gasteiger partial charge in [-0.1, -0.05) is 0 Å². The van der Waals surface area contributed by atoms with Crippen LogP contribution >= 0.6 is 0 Å². The first kappa shape index (κ1) is 11.9. The average molecular weight is 218 g/mol. The van der Waals surface area contributed by atoms with Gasteiger partial charge >= 0.3 is 5.97 Å². The third-order valence-electron chi connectivity index (χ3n) is 2.05. The summed E-state index contributed by atoms with van der Waals surface area (Å²) >= 11 is 0. The van der Waals surface area contributed by atoms with Gasteiger partial charge in [-0.25, -0.2) is 0 Å². The third kappa shape index (κ3) is 2.42. The molecule has 0 fully saturated rings. The molecule has 5 heteroatoms. The van der Waals surface area contributed by atoms with E-state index < -0.39 is 11.9 Å². The second-order valence-corrected chi connectivity index (χ2v) is 3.15. The maximum Gasteiger partial charge on any atom is 0.322 e. The van der Waals surface area contributed by atoms with Crippen LogP contribution in [0.4, 0.5) is 0 Å². The Bertz CT molecular complexity index is 445. The molecule has 0 aromatic carbocycles. The standard InChI is InChI=1S/C11H10N2O3/c1-7(14)10(11(15)16-2)9-4-3-8(5-12)6-13-9/h3-4,6,10H,1-2H3. The normalized spacial score (nSPS) is 11.3. The van der Waals surface area contributed by atoms with Crippen LogP contribution in [-0.4, -0.2) is 23.8 Å². The maximum atomic E-state index is 11.4. The highest BCUT2D eigenvalue weighted by Crippen LogP contribution is 2.16. The summed E-state index contributed by atoms with van der Waals surface area (Å²) in [5.74, 6) is -2.01. The van der Waals surface area contributed by atoms with Crippen molar-refractivity contribution in [3.05, 3.63) is 29.6 Å². The number of Topliss-reactive ketones (excluding diaryl/α,β-unsaturated/α-hetero) is 1. The number of hydrogen-bond acceptors (Lipinski definition) is 5. The Kier molecular flexibility index (Phi) is 3.72. The van der Waals surface area contributed by atoms with Crippen molar-refractivity contribution < 1.29 is 14.3 Å². The van der Waals surface area contributed by atoms with Gasteiger partial charge in [-0.05, 0) is 19.1 Å². The van der Waals surface area contributed by atoms with E-state index in [0.29, 0.717) is 11.3 Å². The number of nitriles is 1. The van der Waals surface area contributed by atoms with Gasteiger partial charge in [0, 0.05) is 6.20 Å². The summed E-state index contributed by atoms with van der Waals surface area (Å²) in [6.45, 7) is 1.29. The molecule has 5 nitrogen and oxygen atoms in total. The van der Waals surface area contributed by atoms with Gasteiger partial charge in [-0.3, -0.25) is 14.6 Å². The van der Waals surface area contributed by atoms with Crippen LogP contribution in [0.15, 0.2) is 18.3 Å². The molecule has 0 saturated heterocycles. The fourth-order valence-electron chi connectivity index (χ4n) is 1.26. The second-order valence-electron chi connectivity index (χ2n) is 3.15. The Morgan fingerprint density at radius 2 is 2.19 bits per heavy atom. The molecule has 0 N–H and O–H groups in total. The van der Waals surface area contributed by atoms with Crippen LogP contribution in [0.2, 0.25) is 0 Å². The quantitative estimate of drug-likeness (QED) is 0.553. The predicted octanol–water partition coefficient (Wildman–Crippen LogP) is 0.799. The minimum absolute atomic E-state index is 0.290. The lowest BCUT2D eigenvalue weighted by atomic mass is 10.0. The molecule has 0 radical (unpaired) electrons. The highest BCUT2D eigenvalue weighted by atomic mass is 16.5. The first-order valence-electron chi connectivity index (χ1n) is 4.54. The van der Waals surface area contributed by atoms with Crippen molar-refractivity contribution in [2.45, 2.75) is 12.8 Å². The van der Waals surface area contributed by atoms with Gasteiger partial charge < -0.3 is 4.74 Å². The summed E-state index contributed by atoms with van der Waals surface area (Å²) in [5.41, 5.74) is 0.661. The Balaban J connectivity index is 3.08. The van der Waals surface area contributed by atoms with Crippen molar-refractivity contribution in [1.29, 1.82) is 5.26 Å². The van der Waals surface area contributed by atoms with Gasteiger partial charge in [0.15, 0.2) is 5.92 Å². The van der Waals surface area contributed by atoms with E-state index in [1.807, 2.05) is 6.07 Å². The number of carbonyl (C=O) groups is 2. The van der Waals surface area contributed by atoms with Crippen LogP contribution in [0.1, 0.15) is 24.1 Å². The Morgan fingerprint density at radius 1 is 1.50 bits per heavy atom. The van der Waals surface area contributed by atoms with Crippen LogP contribution in [0.25, 0.3) is 0 Å². The lowest BCUT2D eigenvalue weighted by Crippen LogP contribution is -2.22. The van der Waals surface area contributed by atoms with Crippen molar-refractivity contribution in [2.75, 3.05) is 7.11 Å². The van der Waals surface area contributed by atoms with E-state index >= 15 is 0 Å². The Labute approximate surface area is 92.7 Å². The minimum Gasteiger partial charge on any atom is -0.468 e. The smallest absolute Gasteiger partial charge is 0.322 e. The molecular weight excluding hydrogens is 208 g/mol. The summed E-state index contributed by atoms with van der Waals surface area (Å²) < 4.78 is 4.52. The molecule has 1 heterocycles. The van der Waals surface area contributed by atoms with E-state index in [1.54, 1.807) is 0 Å². The predicted molar refractivity (Wildman–Crippen MR) is 54.4 cm³/mol. The zero-order valence-corrected chi connectivity index (χ0v) is 8.93. The van der Waals surface area contributed by atoms with Crippen LogP contribution in [0.3, 0.4) is 0 Å². The lowest BCUT2D eigenvalue weighted by molar-refractivity contribution is -0.145. The second kappa shape index (κ2) is 5.03. The minimum atomic E-state index is -1.02. The molecule has 0 aliphatic carbocycles. The van der Waals surface area contributed by atoms with Crippen molar-refractivity contribution in [3.63, 3.8) is 0 Å². The number of ether oxygens (including phenoxy) is 1. The summed E-state index contributed by atoms with van der Waals surface area (Å²) in [6, 6.07) is 4.88. The number of pyridine rings is 1. The maximum absolute atomic E-state index is 11.4. The largest absolute Gasteiger partial charge is 0.468 e. The molecule has 1 aromatic heterocycles. The summed E-state index contributed by atoms with van der Waals surface area (Å²) in [6.07, 6.45) is 1.31. The van der Waals surface area contributed by atoms with Gasteiger partial charge in [0.05, 0.1) is 18.4 Å². The van der Waals surface area contributed by atoms with Gasteiger partial charge in [-0.2, -0.15) is 5.26 Å². The van der Waals surface area contributed by atoms with E-state index in [4.69, 9.17) is 5.26 Å². The number of hydrogen-bond donors (Lipinski definition) is 0. The van der Waals surface area contributed by atoms with Crippen molar-refractivity contribution >= 4 is 11.8 Å². The van der Waals surface area contributed by atoms with E-state index in [-0.39, 0.29) is 5.78 Å². The van der Waals surface area contributed by atoms with Gasteiger partial charge in [0.2, 0.25) is 0 Å². The number of carbonyl (C=O) groups excluding carboxylic acids is 2. The fraction of sp³-hybridized carbons (Fsp3) is 0.273. The molecule has 16 heavy (non-hydrogen) atoms. The number of rotatable bonds is 3. The van der Waals surface area contributed by atoms with Crippen molar-refractivity contribution in [3.8, 4) is 6.07 Å². The average Bonchev–Trinajstić information content (AvgIpc) is 2.29. The number of methoxy groups -OCH3 is 1. The topological polar surface area (TPSA) is 80.0 Å². The van der Waals surface area contributed by atoms with Crippen molar-refractivity contribution in [1.82, 2.24) is 4.98 Å². The van der Waals surface area contributed by atoms with E-state index in [1.165, 1.54) is 32.4 Å². The lowest BCUT2D eigenvalue weighted by Gasteiger charge is -2.10. The molecule has 1 rings (SSSR count). The molecule has 0 aliphatic heterocycles. The van der Waals surface area contributed by atoms with E-state index in [2.05, 4.69) is 9.72 Å². The van der Waals surface area contributed by atoms with Gasteiger partial charge in [-0.15, -0.1) is 0 Å². The molecule has 1 atom stereocenters.